The van der Waals surface area contributed by atoms with Gasteiger partial charge in [-0.1, -0.05) is 59.1 Å². The van der Waals surface area contributed by atoms with Crippen molar-refractivity contribution in [1.82, 2.24) is 0 Å². The van der Waals surface area contributed by atoms with Crippen LogP contribution in [0.4, 0.5) is 16.2 Å². The van der Waals surface area contributed by atoms with Gasteiger partial charge in [0.2, 0.25) is 0 Å². The van der Waals surface area contributed by atoms with E-state index in [9.17, 15) is 14.9 Å². The Morgan fingerprint density at radius 2 is 1.65 bits per heavy atom. The van der Waals surface area contributed by atoms with Gasteiger partial charge in [0.25, 0.3) is 5.69 Å². The van der Waals surface area contributed by atoms with Crippen LogP contribution in [-0.4, -0.2) is 11.0 Å². The van der Waals surface area contributed by atoms with Crippen molar-refractivity contribution in [2.24, 2.45) is 0 Å². The number of halogens is 3. The SMILES string of the molecule is O=C(Nc1ccc([N+](=O)[O-])cc1Cl)Oc1c(Cl)cc(Cl)c2ccccc12. The van der Waals surface area contributed by atoms with Gasteiger partial charge in [-0.2, -0.15) is 0 Å². The first-order valence-electron chi connectivity index (χ1n) is 7.16. The number of amides is 1. The molecule has 0 spiro atoms. The first kappa shape index (κ1) is 18.3. The molecular formula is C17H9Cl3N2O4. The number of carbonyl (C=O) groups excluding carboxylic acids is 1. The van der Waals surface area contributed by atoms with Crippen LogP contribution in [0.15, 0.2) is 48.5 Å². The first-order chi connectivity index (χ1) is 12.4. The maximum absolute atomic E-state index is 12.2. The fourth-order valence-corrected chi connectivity index (χ4v) is 3.12. The van der Waals surface area contributed by atoms with Gasteiger partial charge in [0.1, 0.15) is 0 Å². The van der Waals surface area contributed by atoms with Crippen LogP contribution in [0.5, 0.6) is 5.75 Å². The molecule has 0 bridgehead atoms. The number of hydrogen-bond donors (Lipinski definition) is 1. The molecule has 0 radical (unpaired) electrons. The number of benzene rings is 3. The summed E-state index contributed by atoms with van der Waals surface area (Å²) in [6, 6.07) is 12.2. The lowest BCUT2D eigenvalue weighted by Crippen LogP contribution is -2.17. The molecule has 0 unspecified atom stereocenters. The topological polar surface area (TPSA) is 81.5 Å². The Hall–Kier alpha value is -2.54. The van der Waals surface area contributed by atoms with Crippen molar-refractivity contribution < 1.29 is 14.5 Å². The van der Waals surface area contributed by atoms with Crippen molar-refractivity contribution in [1.29, 1.82) is 0 Å². The fraction of sp³-hybridized carbons (Fsp3) is 0. The lowest BCUT2D eigenvalue weighted by Gasteiger charge is -2.12. The third-order valence-corrected chi connectivity index (χ3v) is 4.40. The van der Waals surface area contributed by atoms with Crippen molar-refractivity contribution >= 4 is 63.0 Å². The molecule has 0 saturated carbocycles. The summed E-state index contributed by atoms with van der Waals surface area (Å²) in [5.74, 6) is 0.141. The zero-order valence-electron chi connectivity index (χ0n) is 12.8. The summed E-state index contributed by atoms with van der Waals surface area (Å²) in [4.78, 5) is 22.4. The molecule has 3 rings (SSSR count). The van der Waals surface area contributed by atoms with E-state index in [1.54, 1.807) is 24.3 Å². The predicted octanol–water partition coefficient (Wildman–Crippen LogP) is 6.32. The molecule has 1 amide bonds. The lowest BCUT2D eigenvalue weighted by atomic mass is 10.1. The maximum Gasteiger partial charge on any atom is 0.417 e. The second-order valence-electron chi connectivity index (χ2n) is 5.15. The highest BCUT2D eigenvalue weighted by Crippen LogP contribution is 2.38. The number of nitrogens with zero attached hydrogens (tertiary/aromatic N) is 1. The van der Waals surface area contributed by atoms with Crippen LogP contribution in [-0.2, 0) is 0 Å². The molecule has 3 aromatic carbocycles. The van der Waals surface area contributed by atoms with Crippen LogP contribution in [0.2, 0.25) is 15.1 Å². The third kappa shape index (κ3) is 3.67. The molecule has 0 fully saturated rings. The number of nitro groups is 1. The molecule has 0 heterocycles. The highest BCUT2D eigenvalue weighted by molar-refractivity contribution is 6.40. The number of nitrogens with one attached hydrogen (secondary N) is 1. The first-order valence-corrected chi connectivity index (χ1v) is 8.29. The zero-order valence-corrected chi connectivity index (χ0v) is 15.1. The summed E-state index contributed by atoms with van der Waals surface area (Å²) >= 11 is 18.3. The van der Waals surface area contributed by atoms with E-state index in [0.717, 1.165) is 6.07 Å². The maximum atomic E-state index is 12.2. The minimum absolute atomic E-state index is 0.00297. The summed E-state index contributed by atoms with van der Waals surface area (Å²) < 4.78 is 5.32. The van der Waals surface area contributed by atoms with Gasteiger partial charge in [-0.25, -0.2) is 4.79 Å². The molecule has 3 aromatic rings. The quantitative estimate of drug-likeness (QED) is 0.404. The van der Waals surface area contributed by atoms with Crippen LogP contribution in [0, 0.1) is 10.1 Å². The Labute approximate surface area is 162 Å². The van der Waals surface area contributed by atoms with E-state index >= 15 is 0 Å². The Morgan fingerprint density at radius 3 is 2.31 bits per heavy atom. The molecule has 9 heteroatoms. The van der Waals surface area contributed by atoms with Crippen LogP contribution in [0.1, 0.15) is 0 Å². The molecule has 0 atom stereocenters. The molecule has 0 aliphatic heterocycles. The molecule has 132 valence electrons. The van der Waals surface area contributed by atoms with Crippen LogP contribution < -0.4 is 10.1 Å². The minimum atomic E-state index is -0.852. The number of anilines is 1. The molecule has 0 aromatic heterocycles. The van der Waals surface area contributed by atoms with Gasteiger partial charge in [0, 0.05) is 22.9 Å². The second-order valence-corrected chi connectivity index (χ2v) is 6.37. The number of non-ortho nitro benzene ring substituents is 1. The second kappa shape index (κ2) is 7.37. The van der Waals surface area contributed by atoms with Gasteiger partial charge < -0.3 is 4.74 Å². The van der Waals surface area contributed by atoms with Crippen LogP contribution >= 0.6 is 34.8 Å². The van der Waals surface area contributed by atoms with Crippen LogP contribution in [0.25, 0.3) is 10.8 Å². The highest BCUT2D eigenvalue weighted by atomic mass is 35.5. The molecule has 6 nitrogen and oxygen atoms in total. The van der Waals surface area contributed by atoms with Gasteiger partial charge in [-0.3, -0.25) is 15.4 Å². The van der Waals surface area contributed by atoms with Crippen molar-refractivity contribution in [2.45, 2.75) is 0 Å². The summed E-state index contributed by atoms with van der Waals surface area (Å²) in [7, 11) is 0. The number of ether oxygens (including phenoxy) is 1. The van der Waals surface area contributed by atoms with E-state index < -0.39 is 11.0 Å². The Bertz CT molecular complexity index is 1040. The van der Waals surface area contributed by atoms with Crippen molar-refractivity contribution in [3.8, 4) is 5.75 Å². The van der Waals surface area contributed by atoms with Crippen molar-refractivity contribution in [3.63, 3.8) is 0 Å². The summed E-state index contributed by atoms with van der Waals surface area (Å²) in [6.45, 7) is 0. The van der Waals surface area contributed by atoms with Gasteiger partial charge in [-0.05, 0) is 12.1 Å². The zero-order chi connectivity index (χ0) is 18.8. The van der Waals surface area contributed by atoms with Crippen molar-refractivity contribution in [3.05, 3.63) is 73.7 Å². The Morgan fingerprint density at radius 1 is 0.962 bits per heavy atom. The third-order valence-electron chi connectivity index (χ3n) is 3.49. The van der Waals surface area contributed by atoms with Crippen LogP contribution in [0.3, 0.4) is 0 Å². The smallest absolute Gasteiger partial charge is 0.408 e. The number of hydrogen-bond acceptors (Lipinski definition) is 4. The van der Waals surface area contributed by atoms with E-state index in [4.69, 9.17) is 39.5 Å². The molecule has 0 aliphatic carbocycles. The summed E-state index contributed by atoms with van der Waals surface area (Å²) in [5, 5.41) is 15.0. The Kier molecular flexibility index (Phi) is 5.18. The predicted molar refractivity (Wildman–Crippen MR) is 102 cm³/mol. The van der Waals surface area contributed by atoms with Gasteiger partial charge in [0.15, 0.2) is 5.75 Å². The standard InChI is InChI=1S/C17H9Cl3N2O4/c18-12-8-14(20)16(11-4-2-1-3-10(11)12)26-17(23)21-15-6-5-9(22(24)25)7-13(15)19/h1-8H,(H,21,23). The highest BCUT2D eigenvalue weighted by Gasteiger charge is 2.17. The summed E-state index contributed by atoms with van der Waals surface area (Å²) in [6.07, 6.45) is -0.852. The molecular weight excluding hydrogens is 403 g/mol. The largest absolute Gasteiger partial charge is 0.417 e. The number of carbonyl (C=O) groups is 1. The van der Waals surface area contributed by atoms with E-state index in [-0.39, 0.29) is 27.2 Å². The minimum Gasteiger partial charge on any atom is -0.408 e. The Balaban J connectivity index is 1.88. The number of fused-ring (bicyclic) bond motifs is 1. The van der Waals surface area contributed by atoms with Crippen molar-refractivity contribution in [2.75, 3.05) is 5.32 Å². The number of nitro benzene ring substituents is 1. The van der Waals surface area contributed by atoms with Gasteiger partial charge in [-0.15, -0.1) is 0 Å². The molecule has 1 N–H and O–H groups in total. The average Bonchev–Trinajstić information content (AvgIpc) is 2.60. The average molecular weight is 412 g/mol. The van der Waals surface area contributed by atoms with E-state index in [0.29, 0.717) is 15.8 Å². The van der Waals surface area contributed by atoms with Gasteiger partial charge >= 0.3 is 6.09 Å². The fourth-order valence-electron chi connectivity index (χ4n) is 2.32. The molecule has 0 aliphatic rings. The lowest BCUT2D eigenvalue weighted by molar-refractivity contribution is -0.384. The van der Waals surface area contributed by atoms with E-state index in [1.807, 2.05) is 0 Å². The normalized spacial score (nSPS) is 10.6. The van der Waals surface area contributed by atoms with E-state index in [1.165, 1.54) is 18.2 Å². The van der Waals surface area contributed by atoms with Gasteiger partial charge in [0.05, 0.1) is 25.7 Å². The number of rotatable bonds is 3. The monoisotopic (exact) mass is 410 g/mol. The molecule has 0 saturated heterocycles. The van der Waals surface area contributed by atoms with E-state index in [2.05, 4.69) is 5.32 Å². The summed E-state index contributed by atoms with van der Waals surface area (Å²) in [5.41, 5.74) is -0.0303. The molecule has 26 heavy (non-hydrogen) atoms.